The van der Waals surface area contributed by atoms with Gasteiger partial charge in [-0.05, 0) is 11.6 Å². The van der Waals surface area contributed by atoms with Gasteiger partial charge in [-0.1, -0.05) is 30.3 Å². The molecule has 4 aromatic rings. The van der Waals surface area contributed by atoms with Crippen molar-refractivity contribution in [3.63, 3.8) is 0 Å². The minimum Gasteiger partial charge on any atom is -0.377 e. The lowest BCUT2D eigenvalue weighted by molar-refractivity contribution is 0.0272. The second-order valence-electron chi connectivity index (χ2n) is 7.26. The third kappa shape index (κ3) is 3.81. The topological polar surface area (TPSA) is 65.3 Å². The number of morpholine rings is 1. The first-order valence-electron chi connectivity index (χ1n) is 9.98. The van der Waals surface area contributed by atoms with Gasteiger partial charge in [0.05, 0.1) is 24.6 Å². The number of thiophene rings is 1. The summed E-state index contributed by atoms with van der Waals surface area (Å²) in [4.78, 5) is 13.0. The molecule has 0 spiro atoms. The Bertz CT molecular complexity index is 1110. The minimum absolute atomic E-state index is 0.0494. The van der Waals surface area contributed by atoms with Crippen LogP contribution in [0.2, 0.25) is 0 Å². The number of benzene rings is 1. The van der Waals surface area contributed by atoms with E-state index in [2.05, 4.69) is 39.6 Å². The molecule has 7 nitrogen and oxygen atoms in total. The third-order valence-corrected chi connectivity index (χ3v) is 6.08. The van der Waals surface area contributed by atoms with Crippen LogP contribution < -0.4 is 4.90 Å². The maximum atomic E-state index is 6.02. The van der Waals surface area contributed by atoms with E-state index in [9.17, 15) is 0 Å². The van der Waals surface area contributed by atoms with Crippen LogP contribution in [0.3, 0.4) is 0 Å². The van der Waals surface area contributed by atoms with Crippen LogP contribution in [0.5, 0.6) is 0 Å². The lowest BCUT2D eigenvalue weighted by Crippen LogP contribution is -2.45. The average Bonchev–Trinajstić information content (AvgIpc) is 3.44. The van der Waals surface area contributed by atoms with E-state index in [-0.39, 0.29) is 6.10 Å². The summed E-state index contributed by atoms with van der Waals surface area (Å²) in [5.74, 6) is 1.66. The monoisotopic (exact) mass is 421 g/mol. The number of rotatable bonds is 6. The lowest BCUT2D eigenvalue weighted by atomic mass is 10.1. The first kappa shape index (κ1) is 19.2. The van der Waals surface area contributed by atoms with Crippen LogP contribution >= 0.6 is 11.3 Å². The van der Waals surface area contributed by atoms with E-state index in [1.54, 1.807) is 24.6 Å². The van der Waals surface area contributed by atoms with Crippen LogP contribution in [0.1, 0.15) is 5.82 Å². The Morgan fingerprint density at radius 1 is 1.20 bits per heavy atom. The summed E-state index contributed by atoms with van der Waals surface area (Å²) in [6, 6.07) is 12.4. The summed E-state index contributed by atoms with van der Waals surface area (Å²) in [7, 11) is 1.67. The molecule has 1 aromatic carbocycles. The quantitative estimate of drug-likeness (QED) is 0.474. The molecule has 1 aliphatic heterocycles. The van der Waals surface area contributed by atoms with Crippen LogP contribution in [0.25, 0.3) is 21.3 Å². The first-order valence-corrected chi connectivity index (χ1v) is 10.9. The summed E-state index contributed by atoms with van der Waals surface area (Å²) in [5, 5.41) is 7.60. The molecule has 30 heavy (non-hydrogen) atoms. The molecule has 8 heteroatoms. The van der Waals surface area contributed by atoms with Crippen LogP contribution in [0, 0.1) is 0 Å². The van der Waals surface area contributed by atoms with E-state index in [1.807, 2.05) is 23.0 Å². The highest BCUT2D eigenvalue weighted by molar-refractivity contribution is 7.17. The summed E-state index contributed by atoms with van der Waals surface area (Å²) in [6.07, 6.45) is 3.81. The van der Waals surface area contributed by atoms with Crippen molar-refractivity contribution >= 4 is 27.4 Å². The third-order valence-electron chi connectivity index (χ3n) is 5.21. The van der Waals surface area contributed by atoms with E-state index in [4.69, 9.17) is 19.4 Å². The van der Waals surface area contributed by atoms with Crippen molar-refractivity contribution in [3.05, 3.63) is 60.0 Å². The molecule has 0 radical (unpaired) electrons. The van der Waals surface area contributed by atoms with Crippen LogP contribution in [0.4, 0.5) is 5.82 Å². The fraction of sp³-hybridized carbons (Fsp3) is 0.318. The van der Waals surface area contributed by atoms with Gasteiger partial charge < -0.3 is 14.4 Å². The molecule has 0 amide bonds. The molecule has 5 rings (SSSR count). The van der Waals surface area contributed by atoms with Crippen molar-refractivity contribution in [2.45, 2.75) is 19.3 Å². The summed E-state index contributed by atoms with van der Waals surface area (Å²) >= 11 is 1.65. The van der Waals surface area contributed by atoms with Gasteiger partial charge in [0.15, 0.2) is 5.82 Å². The fourth-order valence-electron chi connectivity index (χ4n) is 3.86. The van der Waals surface area contributed by atoms with Gasteiger partial charge in [-0.15, -0.1) is 11.3 Å². The van der Waals surface area contributed by atoms with E-state index in [0.29, 0.717) is 19.0 Å². The Balaban J connectivity index is 1.55. The van der Waals surface area contributed by atoms with Gasteiger partial charge in [0.1, 0.15) is 17.3 Å². The molecule has 0 aliphatic carbocycles. The van der Waals surface area contributed by atoms with Gasteiger partial charge in [-0.25, -0.2) is 9.97 Å². The maximum Gasteiger partial charge on any atom is 0.158 e. The number of aromatic nitrogens is 4. The summed E-state index contributed by atoms with van der Waals surface area (Å²) in [6.45, 7) is 3.31. The summed E-state index contributed by atoms with van der Waals surface area (Å²) in [5.41, 5.74) is 2.35. The molecule has 1 fully saturated rings. The molecule has 0 bridgehead atoms. The Kier molecular flexibility index (Phi) is 5.44. The van der Waals surface area contributed by atoms with Gasteiger partial charge in [0.25, 0.3) is 0 Å². The fourth-order valence-corrected chi connectivity index (χ4v) is 4.82. The molecule has 1 saturated heterocycles. The van der Waals surface area contributed by atoms with Gasteiger partial charge >= 0.3 is 0 Å². The van der Waals surface area contributed by atoms with E-state index in [0.717, 1.165) is 35.7 Å². The number of anilines is 1. The Morgan fingerprint density at radius 3 is 2.90 bits per heavy atom. The van der Waals surface area contributed by atoms with Crippen molar-refractivity contribution in [1.82, 2.24) is 19.7 Å². The number of methoxy groups -OCH3 is 1. The van der Waals surface area contributed by atoms with Crippen LogP contribution in [-0.4, -0.2) is 52.7 Å². The predicted octanol–water partition coefficient (Wildman–Crippen LogP) is 3.61. The molecule has 4 heterocycles. The molecule has 1 aliphatic rings. The maximum absolute atomic E-state index is 6.02. The number of fused-ring (bicyclic) bond motifs is 1. The van der Waals surface area contributed by atoms with Gasteiger partial charge in [0.2, 0.25) is 0 Å². The largest absolute Gasteiger partial charge is 0.377 e. The van der Waals surface area contributed by atoms with E-state index in [1.165, 1.54) is 11.1 Å². The van der Waals surface area contributed by atoms with Crippen molar-refractivity contribution in [3.8, 4) is 11.1 Å². The van der Waals surface area contributed by atoms with Crippen LogP contribution in [-0.2, 0) is 22.6 Å². The van der Waals surface area contributed by atoms with Gasteiger partial charge in [-0.2, -0.15) is 5.10 Å². The highest BCUT2D eigenvalue weighted by atomic mass is 32.1. The van der Waals surface area contributed by atoms with E-state index >= 15 is 0 Å². The molecule has 154 valence electrons. The zero-order valence-corrected chi connectivity index (χ0v) is 17.6. The standard InChI is InChI=1S/C22H23N5O2S/c1-28-14-19-24-21(26-10-11-29-17(12-26)13-27-9-5-8-23-27)20-18(15-30-22(20)25-19)16-6-3-2-4-7-16/h2-9,15,17H,10-14H2,1H3. The van der Waals surface area contributed by atoms with Crippen molar-refractivity contribution in [1.29, 1.82) is 0 Å². The average molecular weight is 422 g/mol. The molecule has 1 atom stereocenters. The van der Waals surface area contributed by atoms with Crippen molar-refractivity contribution in [2.24, 2.45) is 0 Å². The van der Waals surface area contributed by atoms with Gasteiger partial charge in [-0.3, -0.25) is 4.68 Å². The molecular weight excluding hydrogens is 398 g/mol. The second kappa shape index (κ2) is 8.51. The Labute approximate surface area is 178 Å². The Morgan fingerprint density at radius 2 is 2.10 bits per heavy atom. The highest BCUT2D eigenvalue weighted by Crippen LogP contribution is 2.38. The minimum atomic E-state index is 0.0494. The Hall–Kier alpha value is -2.81. The van der Waals surface area contributed by atoms with Crippen LogP contribution in [0.15, 0.2) is 54.2 Å². The number of ether oxygens (including phenoxy) is 2. The number of hydrogen-bond donors (Lipinski definition) is 0. The normalized spacial score (nSPS) is 17.0. The molecule has 0 N–H and O–H groups in total. The number of hydrogen-bond acceptors (Lipinski definition) is 7. The molecule has 3 aromatic heterocycles. The van der Waals surface area contributed by atoms with Crippen molar-refractivity contribution < 1.29 is 9.47 Å². The predicted molar refractivity (Wildman–Crippen MR) is 118 cm³/mol. The number of nitrogens with zero attached hydrogens (tertiary/aromatic N) is 5. The molecule has 0 saturated carbocycles. The lowest BCUT2D eigenvalue weighted by Gasteiger charge is -2.34. The van der Waals surface area contributed by atoms with Gasteiger partial charge in [0, 0.05) is 43.5 Å². The summed E-state index contributed by atoms with van der Waals surface area (Å²) < 4.78 is 13.3. The van der Waals surface area contributed by atoms with E-state index < -0.39 is 0 Å². The second-order valence-corrected chi connectivity index (χ2v) is 8.12. The zero-order valence-electron chi connectivity index (χ0n) is 16.8. The smallest absolute Gasteiger partial charge is 0.158 e. The SMILES string of the molecule is COCc1nc(N2CCOC(Cn3cccn3)C2)c2c(-c3ccccc3)csc2n1. The zero-order chi connectivity index (χ0) is 20.3. The van der Waals surface area contributed by atoms with Crippen molar-refractivity contribution in [2.75, 3.05) is 31.7 Å². The molecule has 1 unspecified atom stereocenters. The molecular formula is C22H23N5O2S. The first-order chi connectivity index (χ1) is 14.8. The highest BCUT2D eigenvalue weighted by Gasteiger charge is 2.26.